The predicted octanol–water partition coefficient (Wildman–Crippen LogP) is 12.2. The number of para-hydroxylation sites is 3. The van der Waals surface area contributed by atoms with Gasteiger partial charge in [-0.1, -0.05) is 123 Å². The van der Waals surface area contributed by atoms with Crippen molar-refractivity contribution in [2.45, 2.75) is 19.3 Å². The monoisotopic (exact) mass is 602 g/mol. The maximum Gasteiger partial charge on any atom is 0.0542 e. The molecule has 9 rings (SSSR count). The highest BCUT2D eigenvalue weighted by atomic mass is 15.1. The molecule has 0 N–H and O–H groups in total. The van der Waals surface area contributed by atoms with Crippen molar-refractivity contribution in [1.82, 2.24) is 4.57 Å². The van der Waals surface area contributed by atoms with Gasteiger partial charge in [0.2, 0.25) is 0 Å². The maximum absolute atomic E-state index is 2.37. The summed E-state index contributed by atoms with van der Waals surface area (Å²) < 4.78 is 2.37. The molecule has 0 saturated heterocycles. The third-order valence-corrected chi connectivity index (χ3v) is 9.99. The number of nitrogens with zero attached hydrogens (tertiary/aromatic N) is 2. The fourth-order valence-electron chi connectivity index (χ4n) is 7.76. The molecule has 7 aromatic carbocycles. The lowest BCUT2D eigenvalue weighted by molar-refractivity contribution is 0.660. The maximum atomic E-state index is 2.37. The molecule has 0 atom stereocenters. The molecular weight excluding hydrogens is 569 g/mol. The van der Waals surface area contributed by atoms with Gasteiger partial charge in [0.15, 0.2) is 0 Å². The minimum absolute atomic E-state index is 0.0196. The van der Waals surface area contributed by atoms with E-state index < -0.39 is 0 Å². The SMILES string of the molecule is CC1(C)c2ccccc2-c2c(-c3ccc(N(c4ccccc4)c4ccc5c(c4)c4ccccc4n5-c4ccccc4)cc3)cccc21. The summed E-state index contributed by atoms with van der Waals surface area (Å²) in [4.78, 5) is 2.37. The number of aromatic nitrogens is 1. The summed E-state index contributed by atoms with van der Waals surface area (Å²) in [5.41, 5.74) is 15.0. The Labute approximate surface area is 275 Å². The van der Waals surface area contributed by atoms with Crippen LogP contribution in [-0.2, 0) is 5.41 Å². The average molecular weight is 603 g/mol. The third kappa shape index (κ3) is 4.26. The topological polar surface area (TPSA) is 8.17 Å². The molecule has 0 spiro atoms. The van der Waals surface area contributed by atoms with E-state index in [1.54, 1.807) is 0 Å². The number of benzene rings is 7. The molecule has 0 radical (unpaired) electrons. The number of hydrogen-bond donors (Lipinski definition) is 0. The van der Waals surface area contributed by atoms with E-state index in [4.69, 9.17) is 0 Å². The van der Waals surface area contributed by atoms with Gasteiger partial charge in [-0.05, 0) is 94.0 Å². The van der Waals surface area contributed by atoms with Gasteiger partial charge in [0.05, 0.1) is 11.0 Å². The van der Waals surface area contributed by atoms with Crippen LogP contribution in [0.1, 0.15) is 25.0 Å². The van der Waals surface area contributed by atoms with Crippen molar-refractivity contribution in [1.29, 1.82) is 0 Å². The van der Waals surface area contributed by atoms with Crippen molar-refractivity contribution in [2.24, 2.45) is 0 Å². The average Bonchev–Trinajstić information content (AvgIpc) is 3.58. The highest BCUT2D eigenvalue weighted by molar-refractivity contribution is 6.10. The molecule has 47 heavy (non-hydrogen) atoms. The van der Waals surface area contributed by atoms with Crippen molar-refractivity contribution in [3.8, 4) is 27.9 Å². The van der Waals surface area contributed by atoms with Crippen LogP contribution in [0.3, 0.4) is 0 Å². The molecule has 1 aliphatic carbocycles. The number of hydrogen-bond acceptors (Lipinski definition) is 1. The number of anilines is 3. The van der Waals surface area contributed by atoms with Crippen LogP contribution >= 0.6 is 0 Å². The molecule has 8 aromatic rings. The van der Waals surface area contributed by atoms with Gasteiger partial charge in [0, 0.05) is 38.9 Å². The molecule has 2 nitrogen and oxygen atoms in total. The molecule has 0 bridgehead atoms. The van der Waals surface area contributed by atoms with Crippen LogP contribution in [0, 0.1) is 0 Å². The van der Waals surface area contributed by atoms with Gasteiger partial charge in [-0.25, -0.2) is 0 Å². The molecule has 1 heterocycles. The fraction of sp³-hybridized carbons (Fsp3) is 0.0667. The fourth-order valence-corrected chi connectivity index (χ4v) is 7.76. The Bertz CT molecular complexity index is 2420. The minimum Gasteiger partial charge on any atom is -0.310 e. The Morgan fingerprint density at radius 2 is 1.04 bits per heavy atom. The zero-order chi connectivity index (χ0) is 31.5. The van der Waals surface area contributed by atoms with Crippen molar-refractivity contribution < 1.29 is 0 Å². The van der Waals surface area contributed by atoms with Crippen molar-refractivity contribution in [3.05, 3.63) is 181 Å². The van der Waals surface area contributed by atoms with Gasteiger partial charge in [0.1, 0.15) is 0 Å². The van der Waals surface area contributed by atoms with Crippen LogP contribution in [-0.4, -0.2) is 4.57 Å². The largest absolute Gasteiger partial charge is 0.310 e. The van der Waals surface area contributed by atoms with E-state index in [-0.39, 0.29) is 5.41 Å². The first-order valence-electron chi connectivity index (χ1n) is 16.4. The van der Waals surface area contributed by atoms with Crippen LogP contribution < -0.4 is 4.90 Å². The quantitative estimate of drug-likeness (QED) is 0.190. The second-order valence-electron chi connectivity index (χ2n) is 13.0. The molecular formula is C45H34N2. The zero-order valence-electron chi connectivity index (χ0n) is 26.6. The van der Waals surface area contributed by atoms with E-state index in [0.717, 1.165) is 17.1 Å². The molecule has 0 fully saturated rings. The lowest BCUT2D eigenvalue weighted by Gasteiger charge is -2.26. The lowest BCUT2D eigenvalue weighted by atomic mass is 9.82. The van der Waals surface area contributed by atoms with Crippen molar-refractivity contribution in [3.63, 3.8) is 0 Å². The summed E-state index contributed by atoms with van der Waals surface area (Å²) in [5, 5.41) is 2.48. The van der Waals surface area contributed by atoms with Crippen LogP contribution in [0.4, 0.5) is 17.1 Å². The van der Waals surface area contributed by atoms with Crippen molar-refractivity contribution >= 4 is 38.9 Å². The molecule has 2 heteroatoms. The van der Waals surface area contributed by atoms with Gasteiger partial charge in [-0.15, -0.1) is 0 Å². The molecule has 0 aliphatic heterocycles. The third-order valence-electron chi connectivity index (χ3n) is 9.99. The van der Waals surface area contributed by atoms with Crippen LogP contribution in [0.5, 0.6) is 0 Å². The van der Waals surface area contributed by atoms with Crippen molar-refractivity contribution in [2.75, 3.05) is 4.90 Å². The van der Waals surface area contributed by atoms with Gasteiger partial charge >= 0.3 is 0 Å². The Morgan fingerprint density at radius 1 is 0.447 bits per heavy atom. The first-order chi connectivity index (χ1) is 23.1. The van der Waals surface area contributed by atoms with Crippen LogP contribution in [0.2, 0.25) is 0 Å². The highest BCUT2D eigenvalue weighted by Gasteiger charge is 2.36. The summed E-state index contributed by atoms with van der Waals surface area (Å²) in [6.45, 7) is 4.69. The van der Waals surface area contributed by atoms with E-state index >= 15 is 0 Å². The number of fused-ring (bicyclic) bond motifs is 6. The summed E-state index contributed by atoms with van der Waals surface area (Å²) >= 11 is 0. The summed E-state index contributed by atoms with van der Waals surface area (Å²) in [5.74, 6) is 0. The Hall–Kier alpha value is -5.86. The summed E-state index contributed by atoms with van der Waals surface area (Å²) in [6, 6.07) is 61.7. The molecule has 0 saturated carbocycles. The lowest BCUT2D eigenvalue weighted by Crippen LogP contribution is -2.14. The first-order valence-corrected chi connectivity index (χ1v) is 16.4. The van der Waals surface area contributed by atoms with E-state index in [1.807, 2.05) is 0 Å². The van der Waals surface area contributed by atoms with Crippen LogP contribution in [0.25, 0.3) is 49.7 Å². The van der Waals surface area contributed by atoms with Gasteiger partial charge in [-0.2, -0.15) is 0 Å². The molecule has 1 aromatic heterocycles. The Balaban J connectivity index is 1.18. The Morgan fingerprint density at radius 3 is 1.85 bits per heavy atom. The Kier molecular flexibility index (Phi) is 6.20. The molecule has 0 amide bonds. The minimum atomic E-state index is -0.0196. The molecule has 0 unspecified atom stereocenters. The second kappa shape index (κ2) is 10.6. The first kappa shape index (κ1) is 27.5. The number of rotatable bonds is 5. The van der Waals surface area contributed by atoms with Crippen LogP contribution in [0.15, 0.2) is 170 Å². The molecule has 1 aliphatic rings. The summed E-state index contributed by atoms with van der Waals surface area (Å²) in [6.07, 6.45) is 0. The highest BCUT2D eigenvalue weighted by Crippen LogP contribution is 2.52. The van der Waals surface area contributed by atoms with Gasteiger partial charge in [-0.3, -0.25) is 0 Å². The van der Waals surface area contributed by atoms with E-state index in [0.29, 0.717) is 0 Å². The normalized spacial score (nSPS) is 13.1. The van der Waals surface area contributed by atoms with Gasteiger partial charge < -0.3 is 9.47 Å². The zero-order valence-corrected chi connectivity index (χ0v) is 26.6. The van der Waals surface area contributed by atoms with E-state index in [1.165, 1.54) is 60.9 Å². The van der Waals surface area contributed by atoms with E-state index in [2.05, 4.69) is 193 Å². The van der Waals surface area contributed by atoms with E-state index in [9.17, 15) is 0 Å². The standard InChI is InChI=1S/C45H34N2/c1-45(2)40-21-11-9-19-38(40)44-36(20-13-22-41(44)45)31-24-26-34(27-25-31)46(32-14-5-3-6-15-32)35-28-29-43-39(30-35)37-18-10-12-23-42(37)47(43)33-16-7-4-8-17-33/h3-30H,1-2H3. The summed E-state index contributed by atoms with van der Waals surface area (Å²) in [7, 11) is 0. The van der Waals surface area contributed by atoms with Gasteiger partial charge in [0.25, 0.3) is 0 Å². The smallest absolute Gasteiger partial charge is 0.0542 e. The second-order valence-corrected chi connectivity index (χ2v) is 13.0. The molecule has 224 valence electrons. The predicted molar refractivity (Wildman–Crippen MR) is 198 cm³/mol.